The number of carbonyl (C=O) groups is 3. The molecule has 2 aromatic rings. The van der Waals surface area contributed by atoms with Crippen LogP contribution in [0.2, 0.25) is 5.02 Å². The number of methoxy groups -OCH3 is 1. The van der Waals surface area contributed by atoms with Crippen LogP contribution < -0.4 is 5.32 Å². The van der Waals surface area contributed by atoms with Crippen molar-refractivity contribution < 1.29 is 19.1 Å². The number of nitrogens with zero attached hydrogens (tertiary/aromatic N) is 2. The van der Waals surface area contributed by atoms with Crippen molar-refractivity contribution in [1.82, 2.24) is 4.90 Å². The predicted molar refractivity (Wildman–Crippen MR) is 123 cm³/mol. The molecule has 1 aliphatic rings. The number of esters is 1. The highest BCUT2D eigenvalue weighted by atomic mass is 35.5. The van der Waals surface area contributed by atoms with E-state index >= 15 is 0 Å². The Morgan fingerprint density at radius 3 is 2.52 bits per heavy atom. The van der Waals surface area contributed by atoms with Gasteiger partial charge in [0, 0.05) is 23.7 Å². The van der Waals surface area contributed by atoms with Gasteiger partial charge in [-0.25, -0.2) is 9.79 Å². The molecule has 1 saturated heterocycles. The van der Waals surface area contributed by atoms with E-state index in [9.17, 15) is 14.4 Å². The van der Waals surface area contributed by atoms with Crippen LogP contribution in [-0.2, 0) is 14.3 Å². The van der Waals surface area contributed by atoms with Crippen LogP contribution in [0.5, 0.6) is 0 Å². The third kappa shape index (κ3) is 5.74. The van der Waals surface area contributed by atoms with E-state index in [-0.39, 0.29) is 18.2 Å². The molecule has 3 rings (SSSR count). The second kappa shape index (κ2) is 10.3. The van der Waals surface area contributed by atoms with Gasteiger partial charge >= 0.3 is 5.97 Å². The fourth-order valence-corrected chi connectivity index (χ4v) is 4.13. The second-order valence-electron chi connectivity index (χ2n) is 6.54. The molecule has 0 spiro atoms. The normalized spacial score (nSPS) is 17.0. The second-order valence-corrected chi connectivity index (χ2v) is 8.14. The van der Waals surface area contributed by atoms with Crippen LogP contribution in [0.1, 0.15) is 16.8 Å². The molecule has 1 aliphatic heterocycles. The number of hydrogen-bond acceptors (Lipinski definition) is 6. The molecular weight excluding hydrogens is 438 g/mol. The summed E-state index contributed by atoms with van der Waals surface area (Å²) in [6.45, 7) is 3.99. The molecule has 0 bridgehead atoms. The molecule has 9 heteroatoms. The number of amidine groups is 1. The van der Waals surface area contributed by atoms with Gasteiger partial charge in [0.1, 0.15) is 5.25 Å². The summed E-state index contributed by atoms with van der Waals surface area (Å²) >= 11 is 7.15. The Morgan fingerprint density at radius 1 is 1.23 bits per heavy atom. The zero-order valence-corrected chi connectivity index (χ0v) is 18.3. The number of anilines is 1. The van der Waals surface area contributed by atoms with Crippen LogP contribution in [-0.4, -0.2) is 46.8 Å². The van der Waals surface area contributed by atoms with E-state index in [1.54, 1.807) is 54.6 Å². The van der Waals surface area contributed by atoms with E-state index in [2.05, 4.69) is 21.6 Å². The Bertz CT molecular complexity index is 1020. The van der Waals surface area contributed by atoms with Gasteiger partial charge in [-0.1, -0.05) is 29.4 Å². The minimum atomic E-state index is -0.597. The average Bonchev–Trinajstić information content (AvgIpc) is 3.04. The molecule has 1 heterocycles. The fourth-order valence-electron chi connectivity index (χ4n) is 2.84. The third-order valence-electron chi connectivity index (χ3n) is 4.34. The van der Waals surface area contributed by atoms with Gasteiger partial charge in [0.05, 0.1) is 18.4 Å². The first-order valence-corrected chi connectivity index (χ1v) is 10.6. The Kier molecular flexibility index (Phi) is 7.49. The number of nitrogens with one attached hydrogen (secondary N) is 1. The maximum Gasteiger partial charge on any atom is 0.337 e. The van der Waals surface area contributed by atoms with Gasteiger partial charge in [0.15, 0.2) is 5.17 Å². The lowest BCUT2D eigenvalue weighted by Crippen LogP contribution is -2.33. The van der Waals surface area contributed by atoms with Crippen LogP contribution in [0, 0.1) is 0 Å². The van der Waals surface area contributed by atoms with Crippen molar-refractivity contribution >= 4 is 57.7 Å². The summed E-state index contributed by atoms with van der Waals surface area (Å²) in [6.07, 6.45) is 1.59. The zero-order valence-electron chi connectivity index (χ0n) is 16.7. The number of hydrogen-bond donors (Lipinski definition) is 1. The fraction of sp³-hybridized carbons (Fsp3) is 0.182. The largest absolute Gasteiger partial charge is 0.465 e. The quantitative estimate of drug-likeness (QED) is 0.495. The first-order chi connectivity index (χ1) is 14.9. The summed E-state index contributed by atoms with van der Waals surface area (Å²) in [5.41, 5.74) is 1.56. The van der Waals surface area contributed by atoms with Gasteiger partial charge in [-0.15, -0.1) is 6.58 Å². The van der Waals surface area contributed by atoms with Gasteiger partial charge in [-0.3, -0.25) is 14.5 Å². The molecule has 2 aromatic carbocycles. The molecule has 7 nitrogen and oxygen atoms in total. The van der Waals surface area contributed by atoms with Crippen LogP contribution in [0.4, 0.5) is 11.4 Å². The lowest BCUT2D eigenvalue weighted by atomic mass is 10.2. The first kappa shape index (κ1) is 22.6. The summed E-state index contributed by atoms with van der Waals surface area (Å²) in [7, 11) is 1.30. The Labute approximate surface area is 189 Å². The maximum atomic E-state index is 12.8. The van der Waals surface area contributed by atoms with Gasteiger partial charge < -0.3 is 10.1 Å². The Balaban J connectivity index is 1.68. The number of thioether (sulfide) groups is 1. The smallest absolute Gasteiger partial charge is 0.337 e. The maximum absolute atomic E-state index is 12.8. The van der Waals surface area contributed by atoms with Gasteiger partial charge in [-0.2, -0.15) is 0 Å². The van der Waals surface area contributed by atoms with Crippen molar-refractivity contribution in [3.8, 4) is 0 Å². The van der Waals surface area contributed by atoms with E-state index < -0.39 is 11.2 Å². The van der Waals surface area contributed by atoms with E-state index in [4.69, 9.17) is 11.6 Å². The summed E-state index contributed by atoms with van der Waals surface area (Å²) in [6, 6.07) is 13.3. The molecule has 1 N–H and O–H groups in total. The number of benzene rings is 2. The van der Waals surface area contributed by atoms with Crippen molar-refractivity contribution in [1.29, 1.82) is 0 Å². The van der Waals surface area contributed by atoms with Crippen LogP contribution in [0.3, 0.4) is 0 Å². The summed E-state index contributed by atoms with van der Waals surface area (Å²) in [5, 5.41) is 3.25. The molecule has 0 saturated carbocycles. The number of rotatable bonds is 7. The highest BCUT2D eigenvalue weighted by molar-refractivity contribution is 8.15. The molecule has 0 unspecified atom stereocenters. The van der Waals surface area contributed by atoms with E-state index in [0.717, 1.165) is 0 Å². The number of halogens is 1. The molecule has 1 atom stereocenters. The molecule has 0 radical (unpaired) electrons. The van der Waals surface area contributed by atoms with Crippen molar-refractivity contribution in [3.05, 3.63) is 71.8 Å². The van der Waals surface area contributed by atoms with Crippen molar-refractivity contribution in [2.45, 2.75) is 11.7 Å². The standard InChI is InChI=1S/C22H20ClN3O4S/c1-3-12-26-20(28)18(31-22(26)25-17-10-6-15(23)7-11-17)13-19(27)24-16-8-4-14(5-9-16)21(29)30-2/h3-11,18H,1,12-13H2,2H3,(H,24,27)/t18-/m0/s1. The minimum absolute atomic E-state index is 0.0183. The van der Waals surface area contributed by atoms with Gasteiger partial charge in [0.25, 0.3) is 0 Å². The van der Waals surface area contributed by atoms with E-state index in [1.807, 2.05) is 0 Å². The summed E-state index contributed by atoms with van der Waals surface area (Å²) < 4.78 is 4.65. The van der Waals surface area contributed by atoms with Crippen molar-refractivity contribution in [2.24, 2.45) is 4.99 Å². The monoisotopic (exact) mass is 457 g/mol. The van der Waals surface area contributed by atoms with Gasteiger partial charge in [-0.05, 0) is 48.5 Å². The first-order valence-electron chi connectivity index (χ1n) is 9.32. The molecule has 2 amide bonds. The Morgan fingerprint density at radius 2 is 1.90 bits per heavy atom. The van der Waals surface area contributed by atoms with Gasteiger partial charge in [0.2, 0.25) is 11.8 Å². The number of ether oxygens (including phenoxy) is 1. The van der Waals surface area contributed by atoms with Crippen molar-refractivity contribution in [3.63, 3.8) is 0 Å². The summed E-state index contributed by atoms with van der Waals surface area (Å²) in [4.78, 5) is 42.8. The highest BCUT2D eigenvalue weighted by Crippen LogP contribution is 2.32. The van der Waals surface area contributed by atoms with Crippen molar-refractivity contribution in [2.75, 3.05) is 19.0 Å². The van der Waals surface area contributed by atoms with E-state index in [1.165, 1.54) is 23.8 Å². The molecule has 1 fully saturated rings. The van der Waals surface area contributed by atoms with Crippen LogP contribution in [0.25, 0.3) is 0 Å². The molecular formula is C22H20ClN3O4S. The minimum Gasteiger partial charge on any atom is -0.465 e. The SMILES string of the molecule is C=CCN1C(=O)[C@H](CC(=O)Nc2ccc(C(=O)OC)cc2)SC1=Nc1ccc(Cl)cc1. The number of aliphatic imine (C=N–C) groups is 1. The highest BCUT2D eigenvalue weighted by Gasteiger charge is 2.38. The topological polar surface area (TPSA) is 88.1 Å². The molecule has 0 aromatic heterocycles. The lowest BCUT2D eigenvalue weighted by molar-refractivity contribution is -0.127. The predicted octanol–water partition coefficient (Wildman–Crippen LogP) is 4.27. The van der Waals surface area contributed by atoms with Crippen LogP contribution in [0.15, 0.2) is 66.2 Å². The Hall–Kier alpha value is -3.10. The lowest BCUT2D eigenvalue weighted by Gasteiger charge is -2.13. The van der Waals surface area contributed by atoms with E-state index in [0.29, 0.717) is 33.7 Å². The zero-order chi connectivity index (χ0) is 22.4. The number of carbonyl (C=O) groups excluding carboxylic acids is 3. The summed E-state index contributed by atoms with van der Waals surface area (Å²) in [5.74, 6) is -0.975. The average molecular weight is 458 g/mol. The third-order valence-corrected chi connectivity index (χ3v) is 5.77. The molecule has 31 heavy (non-hydrogen) atoms. The number of amides is 2. The molecule has 160 valence electrons. The molecule has 0 aliphatic carbocycles. The van der Waals surface area contributed by atoms with Crippen LogP contribution >= 0.6 is 23.4 Å².